The van der Waals surface area contributed by atoms with E-state index in [9.17, 15) is 5.11 Å². The topological polar surface area (TPSA) is 36.0 Å². The number of nitrogens with one attached hydrogen (secondary N) is 1. The Morgan fingerprint density at radius 1 is 1.20 bits per heavy atom. The highest BCUT2D eigenvalue weighted by Gasteiger charge is 2.08. The first-order valence-corrected chi connectivity index (χ1v) is 5.12. The summed E-state index contributed by atoms with van der Waals surface area (Å²) < 4.78 is 0. The first-order valence-electron chi connectivity index (χ1n) is 5.12. The predicted molar refractivity (Wildman–Crippen MR) is 60.6 cm³/mol. The molecule has 0 saturated carbocycles. The summed E-state index contributed by atoms with van der Waals surface area (Å²) >= 11 is 0. The molecule has 2 nitrogen and oxygen atoms in total. The lowest BCUT2D eigenvalue weighted by Gasteiger charge is -2.08. The lowest BCUT2D eigenvalue weighted by Crippen LogP contribution is -2.01. The minimum absolute atomic E-state index is 0.442. The number of hydrogen-bond acceptors (Lipinski definition) is 1. The third-order valence-electron chi connectivity index (χ3n) is 2.53. The molecule has 1 aromatic carbocycles. The summed E-state index contributed by atoms with van der Waals surface area (Å²) in [6.45, 7) is 2.06. The van der Waals surface area contributed by atoms with Gasteiger partial charge in [0.15, 0.2) is 0 Å². The summed E-state index contributed by atoms with van der Waals surface area (Å²) in [5.41, 5.74) is 3.27. The van der Waals surface area contributed by atoms with E-state index in [1.165, 1.54) is 5.56 Å². The van der Waals surface area contributed by atoms with E-state index in [1.54, 1.807) is 0 Å². The van der Waals surface area contributed by atoms with Crippen LogP contribution in [0.1, 0.15) is 22.9 Å². The second-order valence-electron chi connectivity index (χ2n) is 3.83. The van der Waals surface area contributed by atoms with Crippen molar-refractivity contribution in [2.75, 3.05) is 0 Å². The van der Waals surface area contributed by atoms with Crippen molar-refractivity contribution < 1.29 is 5.11 Å². The Hall–Kier alpha value is -1.54. The van der Waals surface area contributed by atoms with Crippen molar-refractivity contribution in [1.29, 1.82) is 0 Å². The molecular weight excluding hydrogens is 186 g/mol. The molecule has 1 unspecified atom stereocenters. The van der Waals surface area contributed by atoms with Crippen molar-refractivity contribution in [1.82, 2.24) is 4.98 Å². The zero-order valence-electron chi connectivity index (χ0n) is 8.77. The van der Waals surface area contributed by atoms with E-state index in [-0.39, 0.29) is 0 Å². The van der Waals surface area contributed by atoms with E-state index in [4.69, 9.17) is 0 Å². The Bertz CT molecular complexity index is 403. The quantitative estimate of drug-likeness (QED) is 0.786. The van der Waals surface area contributed by atoms with Gasteiger partial charge in [-0.25, -0.2) is 0 Å². The number of rotatable bonds is 3. The third kappa shape index (κ3) is 2.48. The number of aliphatic hydroxyl groups excluding tert-OH is 1. The van der Waals surface area contributed by atoms with E-state index >= 15 is 0 Å². The maximum absolute atomic E-state index is 9.90. The molecule has 2 heteroatoms. The maximum atomic E-state index is 9.90. The van der Waals surface area contributed by atoms with Crippen molar-refractivity contribution in [3.8, 4) is 0 Å². The van der Waals surface area contributed by atoms with E-state index in [1.807, 2.05) is 18.3 Å². The highest BCUT2D eigenvalue weighted by atomic mass is 16.3. The van der Waals surface area contributed by atoms with Gasteiger partial charge in [0.2, 0.25) is 0 Å². The summed E-state index contributed by atoms with van der Waals surface area (Å²) in [6, 6.07) is 12.0. The van der Waals surface area contributed by atoms with Crippen molar-refractivity contribution in [3.05, 3.63) is 59.4 Å². The number of benzene rings is 1. The molecule has 0 amide bonds. The van der Waals surface area contributed by atoms with Gasteiger partial charge in [0.25, 0.3) is 0 Å². The molecule has 0 aliphatic carbocycles. The number of hydrogen-bond donors (Lipinski definition) is 2. The van der Waals surface area contributed by atoms with Gasteiger partial charge in [0.1, 0.15) is 0 Å². The summed E-state index contributed by atoms with van der Waals surface area (Å²) in [6.07, 6.45) is 2.04. The highest BCUT2D eigenvalue weighted by molar-refractivity contribution is 5.23. The smallest absolute Gasteiger partial charge is 0.0977 e. The van der Waals surface area contributed by atoms with E-state index in [2.05, 4.69) is 36.2 Å². The van der Waals surface area contributed by atoms with E-state index in [0.717, 1.165) is 11.3 Å². The van der Waals surface area contributed by atoms with Crippen LogP contribution in [0.15, 0.2) is 42.6 Å². The van der Waals surface area contributed by atoms with Gasteiger partial charge in [-0.2, -0.15) is 0 Å². The summed E-state index contributed by atoms with van der Waals surface area (Å²) in [4.78, 5) is 3.02. The molecule has 2 rings (SSSR count). The molecule has 1 heterocycles. The molecule has 0 radical (unpaired) electrons. The zero-order valence-corrected chi connectivity index (χ0v) is 8.77. The largest absolute Gasteiger partial charge is 0.387 e. The van der Waals surface area contributed by atoms with Crippen molar-refractivity contribution in [2.24, 2.45) is 0 Å². The van der Waals surface area contributed by atoms with Crippen LogP contribution < -0.4 is 0 Å². The summed E-state index contributed by atoms with van der Waals surface area (Å²) in [5.74, 6) is 0. The lowest BCUT2D eigenvalue weighted by molar-refractivity contribution is 0.174. The fraction of sp³-hybridized carbons (Fsp3) is 0.231. The van der Waals surface area contributed by atoms with E-state index in [0.29, 0.717) is 6.42 Å². The number of H-pyrrole nitrogens is 1. The Labute approximate surface area is 89.6 Å². The molecule has 0 aliphatic rings. The van der Waals surface area contributed by atoms with Crippen LogP contribution in [0.4, 0.5) is 0 Å². The summed E-state index contributed by atoms with van der Waals surface area (Å²) in [5, 5.41) is 9.90. The SMILES string of the molecule is Cc1ccc(CC(O)c2ccc[nH]2)cc1. The first-order chi connectivity index (χ1) is 7.25. The normalized spacial score (nSPS) is 12.7. The predicted octanol–water partition coefficient (Wildman–Crippen LogP) is 2.60. The zero-order chi connectivity index (χ0) is 10.7. The molecule has 2 N–H and O–H groups in total. The van der Waals surface area contributed by atoms with Gasteiger partial charge < -0.3 is 10.1 Å². The monoisotopic (exact) mass is 201 g/mol. The minimum atomic E-state index is -0.442. The van der Waals surface area contributed by atoms with Gasteiger partial charge in [0, 0.05) is 18.3 Å². The molecule has 1 aromatic heterocycles. The molecule has 78 valence electrons. The number of aromatic amines is 1. The second kappa shape index (κ2) is 4.32. The fourth-order valence-corrected chi connectivity index (χ4v) is 1.61. The molecule has 0 fully saturated rings. The Morgan fingerprint density at radius 3 is 2.53 bits per heavy atom. The second-order valence-corrected chi connectivity index (χ2v) is 3.83. The van der Waals surface area contributed by atoms with Gasteiger partial charge in [-0.1, -0.05) is 29.8 Å². The molecule has 2 aromatic rings. The van der Waals surface area contributed by atoms with Gasteiger partial charge >= 0.3 is 0 Å². The maximum Gasteiger partial charge on any atom is 0.0977 e. The molecule has 0 saturated heterocycles. The minimum Gasteiger partial charge on any atom is -0.387 e. The molecule has 0 spiro atoms. The number of aromatic nitrogens is 1. The van der Waals surface area contributed by atoms with Crippen LogP contribution in [0.5, 0.6) is 0 Å². The highest BCUT2D eigenvalue weighted by Crippen LogP contribution is 2.16. The van der Waals surface area contributed by atoms with Crippen molar-refractivity contribution >= 4 is 0 Å². The average Bonchev–Trinajstić information content (AvgIpc) is 2.74. The van der Waals surface area contributed by atoms with Crippen LogP contribution in [0.2, 0.25) is 0 Å². The molecule has 15 heavy (non-hydrogen) atoms. The lowest BCUT2D eigenvalue weighted by atomic mass is 10.0. The van der Waals surface area contributed by atoms with Gasteiger partial charge in [-0.15, -0.1) is 0 Å². The third-order valence-corrected chi connectivity index (χ3v) is 2.53. The van der Waals surface area contributed by atoms with Gasteiger partial charge in [-0.05, 0) is 24.6 Å². The van der Waals surface area contributed by atoms with Crippen LogP contribution in [0.25, 0.3) is 0 Å². The van der Waals surface area contributed by atoms with Crippen LogP contribution in [0, 0.1) is 6.92 Å². The fourth-order valence-electron chi connectivity index (χ4n) is 1.61. The van der Waals surface area contributed by atoms with Crippen LogP contribution in [0.3, 0.4) is 0 Å². The Morgan fingerprint density at radius 2 is 1.93 bits per heavy atom. The Balaban J connectivity index is 2.06. The van der Waals surface area contributed by atoms with Crippen LogP contribution >= 0.6 is 0 Å². The molecule has 0 bridgehead atoms. The van der Waals surface area contributed by atoms with E-state index < -0.39 is 6.10 Å². The molecular formula is C13H15NO. The molecule has 0 aliphatic heterocycles. The number of aryl methyl sites for hydroxylation is 1. The first kappa shape index (κ1) is 9.99. The average molecular weight is 201 g/mol. The standard InChI is InChI=1S/C13H15NO/c1-10-4-6-11(7-5-10)9-13(15)12-3-2-8-14-12/h2-8,13-15H,9H2,1H3. The van der Waals surface area contributed by atoms with Gasteiger partial charge in [0.05, 0.1) is 6.10 Å². The van der Waals surface area contributed by atoms with Crippen molar-refractivity contribution in [3.63, 3.8) is 0 Å². The van der Waals surface area contributed by atoms with Crippen LogP contribution in [-0.2, 0) is 6.42 Å². The van der Waals surface area contributed by atoms with Crippen LogP contribution in [-0.4, -0.2) is 10.1 Å². The molecule has 1 atom stereocenters. The van der Waals surface area contributed by atoms with Gasteiger partial charge in [-0.3, -0.25) is 0 Å². The number of aliphatic hydroxyl groups is 1. The Kier molecular flexibility index (Phi) is 2.88. The van der Waals surface area contributed by atoms with Crippen molar-refractivity contribution in [2.45, 2.75) is 19.4 Å². The summed E-state index contributed by atoms with van der Waals surface area (Å²) in [7, 11) is 0.